The van der Waals surface area contributed by atoms with Crippen molar-refractivity contribution in [3.05, 3.63) is 41.0 Å². The average Bonchev–Trinajstić information content (AvgIpc) is 2.59. The zero-order valence-electron chi connectivity index (χ0n) is 14.4. The molecule has 3 unspecified atom stereocenters. The predicted molar refractivity (Wildman–Crippen MR) is 94.7 cm³/mol. The summed E-state index contributed by atoms with van der Waals surface area (Å²) in [5.74, 6) is 0.512. The number of ether oxygens (including phenoxy) is 1. The molecule has 2 aromatic rings. The van der Waals surface area contributed by atoms with Gasteiger partial charge in [0, 0.05) is 35.2 Å². The number of fused-ring (bicyclic) bond motifs is 2. The number of unbranched alkanes of at least 4 members (excludes halogenated alkanes) is 1. The molecule has 3 atom stereocenters. The van der Waals surface area contributed by atoms with Gasteiger partial charge in [0.15, 0.2) is 11.5 Å². The van der Waals surface area contributed by atoms with E-state index in [0.29, 0.717) is 5.75 Å². The van der Waals surface area contributed by atoms with Crippen LogP contribution in [-0.4, -0.2) is 21.4 Å². The van der Waals surface area contributed by atoms with Crippen LogP contribution in [0, 0.1) is 0 Å². The lowest BCUT2D eigenvalue weighted by molar-refractivity contribution is 0.322. The van der Waals surface area contributed by atoms with Crippen LogP contribution in [0.2, 0.25) is 0 Å². The third-order valence-corrected chi connectivity index (χ3v) is 5.34. The van der Waals surface area contributed by atoms with Crippen molar-refractivity contribution in [2.24, 2.45) is 0 Å². The molecular weight excluding hydrogens is 318 g/mol. The van der Waals surface area contributed by atoms with Crippen LogP contribution in [0.4, 0.5) is 0 Å². The van der Waals surface area contributed by atoms with Crippen LogP contribution in [0.3, 0.4) is 0 Å². The standard InChI is InChI=1S/C20H23NO4/c1-3-4-5-14-13-8-11(22)9-16-18(13)17(10(2)21-14)12-6-7-15(23)19(24)20(12)25-16/h6-10,14,17,21-24H,3-5H2,1-2H3. The fraction of sp³-hybridized carbons (Fsp3) is 0.400. The fourth-order valence-corrected chi connectivity index (χ4v) is 4.20. The molecule has 0 fully saturated rings. The van der Waals surface area contributed by atoms with Crippen LogP contribution >= 0.6 is 0 Å². The number of hydrogen-bond donors (Lipinski definition) is 4. The lowest BCUT2D eigenvalue weighted by Gasteiger charge is -2.42. The Balaban J connectivity index is 1.90. The molecule has 0 saturated carbocycles. The van der Waals surface area contributed by atoms with Gasteiger partial charge in [-0.3, -0.25) is 0 Å². The highest BCUT2D eigenvalue weighted by Crippen LogP contribution is 2.56. The molecule has 0 saturated heterocycles. The van der Waals surface area contributed by atoms with E-state index in [-0.39, 0.29) is 41.0 Å². The van der Waals surface area contributed by atoms with E-state index in [0.717, 1.165) is 36.0 Å². The summed E-state index contributed by atoms with van der Waals surface area (Å²) in [4.78, 5) is 0. The minimum atomic E-state index is -0.256. The minimum Gasteiger partial charge on any atom is -0.508 e. The zero-order valence-corrected chi connectivity index (χ0v) is 14.4. The molecule has 0 aliphatic carbocycles. The van der Waals surface area contributed by atoms with Gasteiger partial charge in [-0.2, -0.15) is 0 Å². The maximum Gasteiger partial charge on any atom is 0.201 e. The number of benzene rings is 2. The van der Waals surface area contributed by atoms with E-state index < -0.39 is 0 Å². The normalized spacial score (nSPS) is 23.5. The molecule has 25 heavy (non-hydrogen) atoms. The maximum absolute atomic E-state index is 10.2. The predicted octanol–water partition coefficient (Wildman–Crippen LogP) is 4.26. The van der Waals surface area contributed by atoms with E-state index in [1.807, 2.05) is 6.07 Å². The van der Waals surface area contributed by atoms with Gasteiger partial charge in [0.2, 0.25) is 5.75 Å². The molecule has 4 rings (SSSR count). The first kappa shape index (κ1) is 16.1. The lowest BCUT2D eigenvalue weighted by Crippen LogP contribution is -2.42. The number of phenolic OH excluding ortho intramolecular Hbond substituents is 3. The van der Waals surface area contributed by atoms with Gasteiger partial charge in [-0.1, -0.05) is 25.8 Å². The third kappa shape index (κ3) is 2.42. The van der Waals surface area contributed by atoms with Crippen molar-refractivity contribution >= 4 is 0 Å². The van der Waals surface area contributed by atoms with E-state index in [1.54, 1.807) is 12.1 Å². The number of rotatable bonds is 3. The Morgan fingerprint density at radius 2 is 1.92 bits per heavy atom. The summed E-state index contributed by atoms with van der Waals surface area (Å²) in [6.45, 7) is 4.30. The molecule has 2 heterocycles. The Morgan fingerprint density at radius 3 is 2.68 bits per heavy atom. The largest absolute Gasteiger partial charge is 0.508 e. The summed E-state index contributed by atoms with van der Waals surface area (Å²) in [5, 5.41) is 33.9. The van der Waals surface area contributed by atoms with Crippen molar-refractivity contribution in [3.63, 3.8) is 0 Å². The Hall–Kier alpha value is -2.40. The van der Waals surface area contributed by atoms with Gasteiger partial charge in [-0.05, 0) is 31.0 Å². The second-order valence-electron chi connectivity index (χ2n) is 7.03. The average molecular weight is 341 g/mol. The van der Waals surface area contributed by atoms with Gasteiger partial charge >= 0.3 is 0 Å². The van der Waals surface area contributed by atoms with Crippen LogP contribution in [0.15, 0.2) is 24.3 Å². The molecule has 2 aromatic carbocycles. The second kappa shape index (κ2) is 5.85. The summed E-state index contributed by atoms with van der Waals surface area (Å²) in [5.41, 5.74) is 2.98. The molecule has 5 heteroatoms. The number of aromatic hydroxyl groups is 3. The summed E-state index contributed by atoms with van der Waals surface area (Å²) in [7, 11) is 0. The molecule has 5 nitrogen and oxygen atoms in total. The van der Waals surface area contributed by atoms with Crippen LogP contribution in [-0.2, 0) is 0 Å². The zero-order chi connectivity index (χ0) is 17.7. The summed E-state index contributed by atoms with van der Waals surface area (Å²) in [6, 6.07) is 7.02. The smallest absolute Gasteiger partial charge is 0.201 e. The van der Waals surface area contributed by atoms with Crippen LogP contribution in [0.1, 0.15) is 61.8 Å². The van der Waals surface area contributed by atoms with E-state index in [4.69, 9.17) is 4.74 Å². The van der Waals surface area contributed by atoms with Crippen LogP contribution in [0.5, 0.6) is 28.7 Å². The van der Waals surface area contributed by atoms with Gasteiger partial charge in [-0.25, -0.2) is 0 Å². The van der Waals surface area contributed by atoms with Gasteiger partial charge in [-0.15, -0.1) is 0 Å². The van der Waals surface area contributed by atoms with Crippen molar-refractivity contribution in [2.75, 3.05) is 0 Å². The molecule has 132 valence electrons. The molecule has 0 aromatic heterocycles. The number of hydrogen-bond acceptors (Lipinski definition) is 5. The molecule has 0 spiro atoms. The quantitative estimate of drug-likeness (QED) is 0.627. The first-order valence-corrected chi connectivity index (χ1v) is 8.86. The highest BCUT2D eigenvalue weighted by Gasteiger charge is 2.41. The van der Waals surface area contributed by atoms with Crippen molar-refractivity contribution in [2.45, 2.75) is 51.1 Å². The van der Waals surface area contributed by atoms with Crippen molar-refractivity contribution in [1.29, 1.82) is 0 Å². The monoisotopic (exact) mass is 341 g/mol. The van der Waals surface area contributed by atoms with Gasteiger partial charge in [0.25, 0.3) is 0 Å². The van der Waals surface area contributed by atoms with Crippen LogP contribution in [0.25, 0.3) is 0 Å². The van der Waals surface area contributed by atoms with E-state index in [2.05, 4.69) is 19.2 Å². The van der Waals surface area contributed by atoms with Gasteiger partial charge in [0.1, 0.15) is 11.5 Å². The summed E-state index contributed by atoms with van der Waals surface area (Å²) < 4.78 is 5.92. The number of nitrogens with one attached hydrogen (secondary N) is 1. The first-order valence-electron chi connectivity index (χ1n) is 8.86. The van der Waals surface area contributed by atoms with E-state index in [9.17, 15) is 15.3 Å². The highest BCUT2D eigenvalue weighted by molar-refractivity contribution is 5.66. The van der Waals surface area contributed by atoms with E-state index >= 15 is 0 Å². The highest BCUT2D eigenvalue weighted by atomic mass is 16.5. The Kier molecular flexibility index (Phi) is 3.76. The van der Waals surface area contributed by atoms with Gasteiger partial charge < -0.3 is 25.4 Å². The molecule has 2 aliphatic heterocycles. The maximum atomic E-state index is 10.2. The Bertz CT molecular complexity index is 833. The molecule has 4 N–H and O–H groups in total. The molecule has 2 aliphatic rings. The molecule has 0 radical (unpaired) electrons. The molecular formula is C20H23NO4. The van der Waals surface area contributed by atoms with Gasteiger partial charge in [0.05, 0.1) is 0 Å². The van der Waals surface area contributed by atoms with Crippen LogP contribution < -0.4 is 10.1 Å². The number of phenols is 3. The third-order valence-electron chi connectivity index (χ3n) is 5.34. The fourth-order valence-electron chi connectivity index (χ4n) is 4.20. The van der Waals surface area contributed by atoms with E-state index in [1.165, 1.54) is 6.07 Å². The Morgan fingerprint density at radius 1 is 1.12 bits per heavy atom. The summed E-state index contributed by atoms with van der Waals surface area (Å²) in [6.07, 6.45) is 3.21. The van der Waals surface area contributed by atoms with Crippen molar-refractivity contribution in [3.8, 4) is 28.7 Å². The minimum absolute atomic E-state index is 0.00118. The van der Waals surface area contributed by atoms with Crippen molar-refractivity contribution in [1.82, 2.24) is 5.32 Å². The van der Waals surface area contributed by atoms with Crippen molar-refractivity contribution < 1.29 is 20.1 Å². The molecule has 0 amide bonds. The summed E-state index contributed by atoms with van der Waals surface area (Å²) >= 11 is 0. The Labute approximate surface area is 146 Å². The SMILES string of the molecule is CCCCC1NC(C)C2c3ccc(O)c(O)c3Oc3cc(O)cc1c32. The topological polar surface area (TPSA) is 82.0 Å². The lowest BCUT2D eigenvalue weighted by atomic mass is 9.75. The molecule has 0 bridgehead atoms. The first-order chi connectivity index (χ1) is 12.0. The second-order valence-corrected chi connectivity index (χ2v) is 7.03.